The fourth-order valence-corrected chi connectivity index (χ4v) is 2.55. The van der Waals surface area contributed by atoms with Crippen LogP contribution in [0.3, 0.4) is 0 Å². The molecule has 80 valence electrons. The molecule has 1 aromatic heterocycles. The van der Waals surface area contributed by atoms with Crippen molar-refractivity contribution in [2.24, 2.45) is 0 Å². The summed E-state index contributed by atoms with van der Waals surface area (Å²) in [5, 5.41) is 0. The van der Waals surface area contributed by atoms with Crippen molar-refractivity contribution in [3.63, 3.8) is 0 Å². The number of hydrogen-bond acceptors (Lipinski definition) is 3. The van der Waals surface area contributed by atoms with Gasteiger partial charge < -0.3 is 9.64 Å². The van der Waals surface area contributed by atoms with Gasteiger partial charge in [0.15, 0.2) is 0 Å². The van der Waals surface area contributed by atoms with Crippen LogP contribution in [0.25, 0.3) is 0 Å². The summed E-state index contributed by atoms with van der Waals surface area (Å²) in [6.07, 6.45) is 7.78. The summed E-state index contributed by atoms with van der Waals surface area (Å²) in [4.78, 5) is 6.77. The standard InChI is InChI=1S/C12H16N2O/c1-2-10-8-13-9-12(11(10)3-1)14-4-6-15-7-5-14/h8-9H,1-7H2. The molecule has 3 heteroatoms. The molecular formula is C12H16N2O. The van der Waals surface area contributed by atoms with E-state index in [0.717, 1.165) is 26.3 Å². The Kier molecular flexibility index (Phi) is 2.33. The highest BCUT2D eigenvalue weighted by Crippen LogP contribution is 2.30. The molecule has 0 radical (unpaired) electrons. The van der Waals surface area contributed by atoms with Crippen molar-refractivity contribution in [3.05, 3.63) is 23.5 Å². The number of hydrogen-bond donors (Lipinski definition) is 0. The Labute approximate surface area is 90.1 Å². The zero-order valence-corrected chi connectivity index (χ0v) is 8.91. The van der Waals surface area contributed by atoms with E-state index in [1.807, 2.05) is 12.4 Å². The Hall–Kier alpha value is -1.09. The van der Waals surface area contributed by atoms with Gasteiger partial charge in [-0.1, -0.05) is 0 Å². The molecule has 0 aromatic carbocycles. The number of rotatable bonds is 1. The van der Waals surface area contributed by atoms with Crippen LogP contribution in [-0.2, 0) is 17.6 Å². The van der Waals surface area contributed by atoms with Crippen LogP contribution in [0.4, 0.5) is 5.69 Å². The maximum Gasteiger partial charge on any atom is 0.0642 e. The number of fused-ring (bicyclic) bond motifs is 1. The molecule has 15 heavy (non-hydrogen) atoms. The van der Waals surface area contributed by atoms with Gasteiger partial charge >= 0.3 is 0 Å². The van der Waals surface area contributed by atoms with Gasteiger partial charge in [0.1, 0.15) is 0 Å². The average molecular weight is 204 g/mol. The molecule has 2 aliphatic rings. The molecule has 2 heterocycles. The molecule has 3 rings (SSSR count). The van der Waals surface area contributed by atoms with Gasteiger partial charge in [-0.25, -0.2) is 0 Å². The Morgan fingerprint density at radius 2 is 2.00 bits per heavy atom. The molecule has 0 amide bonds. The van der Waals surface area contributed by atoms with Gasteiger partial charge in [0.2, 0.25) is 0 Å². The summed E-state index contributed by atoms with van der Waals surface area (Å²) in [6.45, 7) is 3.73. The molecule has 3 nitrogen and oxygen atoms in total. The van der Waals surface area contributed by atoms with E-state index in [1.54, 1.807) is 0 Å². The maximum atomic E-state index is 5.38. The van der Waals surface area contributed by atoms with E-state index in [9.17, 15) is 0 Å². The van der Waals surface area contributed by atoms with Crippen LogP contribution in [0.1, 0.15) is 17.5 Å². The summed E-state index contributed by atoms with van der Waals surface area (Å²) in [5.41, 5.74) is 4.35. The Morgan fingerprint density at radius 3 is 2.87 bits per heavy atom. The van der Waals surface area contributed by atoms with Crippen LogP contribution in [-0.4, -0.2) is 31.3 Å². The van der Waals surface area contributed by atoms with Gasteiger partial charge in [-0.3, -0.25) is 4.98 Å². The Bertz CT molecular complexity index is 359. The number of aryl methyl sites for hydroxylation is 1. The lowest BCUT2D eigenvalue weighted by molar-refractivity contribution is 0.122. The lowest BCUT2D eigenvalue weighted by Crippen LogP contribution is -2.36. The molecule has 0 bridgehead atoms. The summed E-state index contributed by atoms with van der Waals surface area (Å²) in [5.74, 6) is 0. The zero-order chi connectivity index (χ0) is 10.1. The van der Waals surface area contributed by atoms with Gasteiger partial charge in [-0.05, 0) is 30.4 Å². The van der Waals surface area contributed by atoms with E-state index in [-0.39, 0.29) is 0 Å². The van der Waals surface area contributed by atoms with E-state index < -0.39 is 0 Å². The van der Waals surface area contributed by atoms with Crippen molar-refractivity contribution >= 4 is 5.69 Å². The van der Waals surface area contributed by atoms with E-state index >= 15 is 0 Å². The topological polar surface area (TPSA) is 25.4 Å². The summed E-state index contributed by atoms with van der Waals surface area (Å²) in [6, 6.07) is 0. The van der Waals surface area contributed by atoms with Gasteiger partial charge in [-0.2, -0.15) is 0 Å². The van der Waals surface area contributed by atoms with Crippen LogP contribution in [0.15, 0.2) is 12.4 Å². The van der Waals surface area contributed by atoms with Gasteiger partial charge in [0.25, 0.3) is 0 Å². The number of aromatic nitrogens is 1. The highest BCUT2D eigenvalue weighted by molar-refractivity contribution is 5.56. The second-order valence-electron chi connectivity index (χ2n) is 4.25. The van der Waals surface area contributed by atoms with E-state index in [2.05, 4.69) is 9.88 Å². The predicted molar refractivity (Wildman–Crippen MR) is 59.3 cm³/mol. The molecule has 0 unspecified atom stereocenters. The number of ether oxygens (including phenoxy) is 1. The summed E-state index contributed by atoms with van der Waals surface area (Å²) in [7, 11) is 0. The van der Waals surface area contributed by atoms with Crippen LogP contribution in [0.5, 0.6) is 0 Å². The van der Waals surface area contributed by atoms with E-state index in [1.165, 1.54) is 36.1 Å². The first-order valence-electron chi connectivity index (χ1n) is 5.73. The fraction of sp³-hybridized carbons (Fsp3) is 0.583. The van der Waals surface area contributed by atoms with Gasteiger partial charge in [-0.15, -0.1) is 0 Å². The lowest BCUT2D eigenvalue weighted by Gasteiger charge is -2.30. The first-order chi connectivity index (χ1) is 7.45. The Balaban J connectivity index is 1.93. The fourth-order valence-electron chi connectivity index (χ4n) is 2.55. The van der Waals surface area contributed by atoms with Crippen molar-refractivity contribution < 1.29 is 4.74 Å². The average Bonchev–Trinajstić information content (AvgIpc) is 2.78. The smallest absolute Gasteiger partial charge is 0.0642 e. The largest absolute Gasteiger partial charge is 0.378 e. The van der Waals surface area contributed by atoms with Crippen LogP contribution in [0, 0.1) is 0 Å². The van der Waals surface area contributed by atoms with Crippen molar-refractivity contribution in [3.8, 4) is 0 Å². The molecule has 0 N–H and O–H groups in total. The van der Waals surface area contributed by atoms with Crippen LogP contribution >= 0.6 is 0 Å². The molecule has 1 fully saturated rings. The molecule has 1 saturated heterocycles. The highest BCUT2D eigenvalue weighted by Gasteiger charge is 2.20. The molecular weight excluding hydrogens is 188 g/mol. The van der Waals surface area contributed by atoms with Gasteiger partial charge in [0.05, 0.1) is 25.1 Å². The van der Waals surface area contributed by atoms with Crippen molar-refractivity contribution in [1.82, 2.24) is 4.98 Å². The molecule has 0 spiro atoms. The number of morpholine rings is 1. The quantitative estimate of drug-likeness (QED) is 0.691. The molecule has 1 aliphatic heterocycles. The maximum absolute atomic E-state index is 5.38. The van der Waals surface area contributed by atoms with Crippen molar-refractivity contribution in [1.29, 1.82) is 0 Å². The minimum Gasteiger partial charge on any atom is -0.378 e. The van der Waals surface area contributed by atoms with Gasteiger partial charge in [0, 0.05) is 19.3 Å². The molecule has 0 saturated carbocycles. The zero-order valence-electron chi connectivity index (χ0n) is 8.91. The third kappa shape index (κ3) is 1.61. The molecule has 1 aliphatic carbocycles. The second-order valence-corrected chi connectivity index (χ2v) is 4.25. The summed E-state index contributed by atoms with van der Waals surface area (Å²) < 4.78 is 5.38. The SMILES string of the molecule is c1ncc(N2CCOCC2)c2c1CCC2. The normalized spacial score (nSPS) is 20.4. The monoisotopic (exact) mass is 204 g/mol. The van der Waals surface area contributed by atoms with Crippen molar-refractivity contribution in [2.45, 2.75) is 19.3 Å². The number of pyridine rings is 1. The predicted octanol–water partition coefficient (Wildman–Crippen LogP) is 1.41. The van der Waals surface area contributed by atoms with Crippen molar-refractivity contribution in [2.75, 3.05) is 31.2 Å². The summed E-state index contributed by atoms with van der Waals surface area (Å²) >= 11 is 0. The minimum atomic E-state index is 0.851. The Morgan fingerprint density at radius 1 is 1.13 bits per heavy atom. The third-order valence-corrected chi connectivity index (χ3v) is 3.35. The molecule has 0 atom stereocenters. The molecule has 1 aromatic rings. The highest BCUT2D eigenvalue weighted by atomic mass is 16.5. The number of nitrogens with zero attached hydrogens (tertiary/aromatic N) is 2. The van der Waals surface area contributed by atoms with E-state index in [0.29, 0.717) is 0 Å². The lowest BCUT2D eigenvalue weighted by atomic mass is 10.1. The third-order valence-electron chi connectivity index (χ3n) is 3.35. The van der Waals surface area contributed by atoms with Crippen LogP contribution in [0.2, 0.25) is 0 Å². The minimum absolute atomic E-state index is 0.851. The first kappa shape index (κ1) is 9.16. The van der Waals surface area contributed by atoms with Crippen LogP contribution < -0.4 is 4.90 Å². The number of anilines is 1. The first-order valence-corrected chi connectivity index (χ1v) is 5.73. The second kappa shape index (κ2) is 3.81. The van der Waals surface area contributed by atoms with E-state index in [4.69, 9.17) is 4.74 Å².